The van der Waals surface area contributed by atoms with Crippen molar-refractivity contribution < 1.29 is 38.7 Å². The molecular weight excluding hydrogens is 1470 g/mol. The molecule has 4 aromatic carbocycles. The molecule has 0 atom stereocenters. The molecule has 0 radical (unpaired) electrons. The quantitative estimate of drug-likeness (QED) is 0.0225. The number of unbranched alkanes of at least 4 members (excludes halogenated alkanes) is 60. The van der Waals surface area contributed by atoms with Gasteiger partial charge in [-0.05, 0) is 132 Å². The van der Waals surface area contributed by atoms with E-state index in [1.54, 1.807) is 13.8 Å². The number of carbonyl (C=O) groups is 2. The Morgan fingerprint density at radius 2 is 0.392 bits per heavy atom. The van der Waals surface area contributed by atoms with Crippen LogP contribution < -0.4 is 9.47 Å². The lowest BCUT2D eigenvalue weighted by molar-refractivity contribution is -0.140. The van der Waals surface area contributed by atoms with E-state index in [9.17, 15) is 19.8 Å². The minimum atomic E-state index is -0.441. The van der Waals surface area contributed by atoms with Gasteiger partial charge in [-0.2, -0.15) is 0 Å². The number of phenols is 2. The van der Waals surface area contributed by atoms with Crippen molar-refractivity contribution in [3.8, 4) is 23.0 Å². The first-order valence-electron chi connectivity index (χ1n) is 51.7. The predicted molar refractivity (Wildman–Crippen MR) is 516 cm³/mol. The maximum atomic E-state index is 13.3. The highest BCUT2D eigenvalue weighted by Crippen LogP contribution is 2.42. The van der Waals surface area contributed by atoms with Crippen LogP contribution in [0.3, 0.4) is 0 Å². The van der Waals surface area contributed by atoms with Crippen LogP contribution in [0.1, 0.15) is 519 Å². The van der Waals surface area contributed by atoms with Gasteiger partial charge in [-0.1, -0.05) is 475 Å². The Balaban J connectivity index is 1.53. The fourth-order valence-electron chi connectivity index (χ4n) is 18.5. The van der Waals surface area contributed by atoms with Gasteiger partial charge < -0.3 is 29.2 Å². The van der Waals surface area contributed by atoms with Gasteiger partial charge >= 0.3 is 11.9 Å². The molecule has 5 rings (SSSR count). The SMILES string of the molecule is C=C(C)C(=O)OCCOc1c2cc(CCCCCCCCCCCCCCCCCC)cc1Cc1cc(CCCCCCCCCCCCCCCCCC)cc(c1O)Cc1cc(CCCCCCCCCCCCCCCCCC)cc(c1OCCOC(=O)C(=C)C)Cc1cc(CCCCCCCCCCCCCCCCCC)cc(c1O)C2. The lowest BCUT2D eigenvalue weighted by Gasteiger charge is -2.23. The number of esters is 2. The summed E-state index contributed by atoms with van der Waals surface area (Å²) in [6.45, 7) is 20.7. The topological polar surface area (TPSA) is 112 Å². The standard InChI is InChI=1S/C112H184O8/c1-9-13-17-21-25-29-33-37-41-45-49-53-57-61-65-69-73-95-81-99-89-103-85-97(75-71-67-63-59-55-51-47-43-39-35-31-27-23-19-15-11-3)87-105(109(103)117-77-79-119-111(115)93(5)6)91-101-83-96(74-70-66-62-58-54-50-46-42-38-34-30-26-22-18-14-10-2)84-102(108(101)114)92-106-88-98(76-72-68-64-60-56-52-48-44-40-36-32-28-24-20-16-12-4)86-104(90-100(82-95)107(99)113)110(106)118-78-80-120-112(116)94(7)8/h81-88,113-114H,5,7,9-80,89-92H2,1-4,6,8H3. The summed E-state index contributed by atoms with van der Waals surface area (Å²) in [5.41, 5.74) is 13.0. The normalized spacial score (nSPS) is 12.1. The molecule has 8 nitrogen and oxygen atoms in total. The fourth-order valence-corrected chi connectivity index (χ4v) is 18.5. The zero-order valence-corrected chi connectivity index (χ0v) is 79.1. The van der Waals surface area contributed by atoms with Crippen molar-refractivity contribution in [2.45, 2.75) is 504 Å². The van der Waals surface area contributed by atoms with E-state index in [4.69, 9.17) is 18.9 Å². The number of benzene rings is 4. The van der Waals surface area contributed by atoms with E-state index < -0.39 is 11.9 Å². The van der Waals surface area contributed by atoms with Gasteiger partial charge in [-0.15, -0.1) is 0 Å². The Bertz CT molecular complexity index is 2970. The molecule has 0 aromatic heterocycles. The van der Waals surface area contributed by atoms with Crippen LogP contribution in [0.2, 0.25) is 0 Å². The van der Waals surface area contributed by atoms with E-state index in [1.165, 1.54) is 395 Å². The van der Waals surface area contributed by atoms with Gasteiger partial charge in [0, 0.05) is 36.8 Å². The number of hydrogen-bond donors (Lipinski definition) is 2. The van der Waals surface area contributed by atoms with Crippen LogP contribution in [0.5, 0.6) is 23.0 Å². The van der Waals surface area contributed by atoms with Gasteiger partial charge in [-0.3, -0.25) is 0 Å². The van der Waals surface area contributed by atoms with Crippen molar-refractivity contribution in [2.24, 2.45) is 0 Å². The van der Waals surface area contributed by atoms with Crippen LogP contribution in [0, 0.1) is 0 Å². The largest absolute Gasteiger partial charge is 0.507 e. The molecule has 680 valence electrons. The number of ether oxygens (including phenoxy) is 4. The zero-order valence-electron chi connectivity index (χ0n) is 79.1. The molecule has 1 aliphatic carbocycles. The number of phenolic OH excluding ortho intramolecular Hbond substituents is 2. The Morgan fingerprint density at radius 3 is 0.550 bits per heavy atom. The van der Waals surface area contributed by atoms with Crippen LogP contribution in [-0.4, -0.2) is 48.6 Å². The first-order valence-corrected chi connectivity index (χ1v) is 51.7. The molecule has 8 heteroatoms. The van der Waals surface area contributed by atoms with Crippen LogP contribution in [0.15, 0.2) is 72.8 Å². The molecule has 0 aliphatic heterocycles. The Kier molecular flexibility index (Phi) is 61.9. The van der Waals surface area contributed by atoms with Crippen molar-refractivity contribution >= 4 is 11.9 Å². The maximum Gasteiger partial charge on any atom is 0.333 e. The summed E-state index contributed by atoms with van der Waals surface area (Å²) in [7, 11) is 0. The van der Waals surface area contributed by atoms with Crippen LogP contribution in [0.25, 0.3) is 0 Å². The van der Waals surface area contributed by atoms with E-state index >= 15 is 0 Å². The van der Waals surface area contributed by atoms with Crippen molar-refractivity contribution in [3.63, 3.8) is 0 Å². The maximum absolute atomic E-state index is 13.3. The van der Waals surface area contributed by atoms with Crippen LogP contribution >= 0.6 is 0 Å². The zero-order chi connectivity index (χ0) is 85.8. The summed E-state index contributed by atoms with van der Waals surface area (Å²) in [6.07, 6.45) is 89.9. The number of rotatable bonds is 78. The minimum Gasteiger partial charge on any atom is -0.507 e. The lowest BCUT2D eigenvalue weighted by atomic mass is 9.87. The molecule has 0 heterocycles. The second kappa shape index (κ2) is 70.7. The second-order valence-electron chi connectivity index (χ2n) is 37.5. The summed E-state index contributed by atoms with van der Waals surface area (Å²) in [6, 6.07) is 18.5. The van der Waals surface area contributed by atoms with E-state index in [1.807, 2.05) is 0 Å². The number of carbonyl (C=O) groups excluding carboxylic acids is 2. The summed E-state index contributed by atoms with van der Waals surface area (Å²) in [4.78, 5) is 25.9. The summed E-state index contributed by atoms with van der Waals surface area (Å²) in [5.74, 6) is 1.15. The molecule has 2 N–H and O–H groups in total. The Labute approximate surface area is 739 Å². The molecule has 0 saturated heterocycles. The van der Waals surface area contributed by atoms with Gasteiger partial charge in [0.25, 0.3) is 0 Å². The third-order valence-corrected chi connectivity index (χ3v) is 25.9. The highest BCUT2D eigenvalue weighted by atomic mass is 16.6. The van der Waals surface area contributed by atoms with E-state index in [-0.39, 0.29) is 37.9 Å². The van der Waals surface area contributed by atoms with Gasteiger partial charge in [0.1, 0.15) is 49.4 Å². The molecule has 4 aromatic rings. The Hall–Kier alpha value is -5.50. The van der Waals surface area contributed by atoms with Crippen molar-refractivity contribution in [1.29, 1.82) is 0 Å². The Morgan fingerprint density at radius 1 is 0.242 bits per heavy atom. The molecule has 1 aliphatic rings. The lowest BCUT2D eigenvalue weighted by Crippen LogP contribution is -2.15. The van der Waals surface area contributed by atoms with Gasteiger partial charge in [0.15, 0.2) is 0 Å². The van der Waals surface area contributed by atoms with Crippen LogP contribution in [0.4, 0.5) is 0 Å². The van der Waals surface area contributed by atoms with Gasteiger partial charge in [-0.25, -0.2) is 9.59 Å². The fraction of sp³-hybridized carbons (Fsp3) is 0.732. The van der Waals surface area contributed by atoms with Crippen molar-refractivity contribution in [1.82, 2.24) is 0 Å². The van der Waals surface area contributed by atoms with Crippen molar-refractivity contribution in [2.75, 3.05) is 26.4 Å². The molecular formula is C112H184O8. The van der Waals surface area contributed by atoms with E-state index in [2.05, 4.69) is 89.4 Å². The first-order chi connectivity index (χ1) is 58.8. The summed E-state index contributed by atoms with van der Waals surface area (Å²) >= 11 is 0. The highest BCUT2D eigenvalue weighted by Gasteiger charge is 2.25. The van der Waals surface area contributed by atoms with Crippen LogP contribution in [-0.2, 0) is 70.4 Å². The van der Waals surface area contributed by atoms with Gasteiger partial charge in [0.05, 0.1) is 0 Å². The molecule has 0 unspecified atom stereocenters. The third-order valence-electron chi connectivity index (χ3n) is 25.9. The summed E-state index contributed by atoms with van der Waals surface area (Å²) < 4.78 is 25.6. The second-order valence-corrected chi connectivity index (χ2v) is 37.5. The number of fused-ring (bicyclic) bond motifs is 8. The molecule has 0 spiro atoms. The van der Waals surface area contributed by atoms with Gasteiger partial charge in [0.2, 0.25) is 0 Å². The third kappa shape index (κ3) is 49.3. The minimum absolute atomic E-state index is 0.0554. The van der Waals surface area contributed by atoms with E-state index in [0.29, 0.717) is 36.8 Å². The van der Waals surface area contributed by atoms with E-state index in [0.717, 1.165) is 120 Å². The molecule has 120 heavy (non-hydrogen) atoms. The smallest absolute Gasteiger partial charge is 0.333 e. The molecule has 8 bridgehead atoms. The number of hydrogen-bond acceptors (Lipinski definition) is 8. The molecule has 0 fully saturated rings. The first kappa shape index (κ1) is 105. The highest BCUT2D eigenvalue weighted by molar-refractivity contribution is 5.87. The molecule has 0 amide bonds. The monoisotopic (exact) mass is 1660 g/mol. The molecule has 0 saturated carbocycles. The average Bonchev–Trinajstić information content (AvgIpc) is 0.777. The number of aromatic hydroxyl groups is 2. The number of aryl methyl sites for hydroxylation is 4. The predicted octanol–water partition coefficient (Wildman–Crippen LogP) is 34.0. The summed E-state index contributed by atoms with van der Waals surface area (Å²) in [5, 5.41) is 26.6. The average molecular weight is 1660 g/mol. The van der Waals surface area contributed by atoms with Crippen molar-refractivity contribution in [3.05, 3.63) is 140 Å².